The average Bonchev–Trinajstić information content (AvgIpc) is 2.73. The van der Waals surface area contributed by atoms with Crippen molar-refractivity contribution in [1.82, 2.24) is 0 Å². The number of non-ortho nitro benzene ring substituents is 1. The first-order valence-electron chi connectivity index (χ1n) is 8.41. The van der Waals surface area contributed by atoms with E-state index in [1.165, 1.54) is 36.4 Å². The van der Waals surface area contributed by atoms with Crippen LogP contribution >= 0.6 is 11.8 Å². The Balaban J connectivity index is 2.03. The molecular weight excluding hydrogens is 340 g/mol. The Hall–Kier alpha value is -2.15. The first kappa shape index (κ1) is 19.2. The number of hydrogen-bond acceptors (Lipinski definition) is 6. The highest BCUT2D eigenvalue weighted by Crippen LogP contribution is 2.26. The van der Waals surface area contributed by atoms with E-state index in [0.717, 1.165) is 25.0 Å². The largest absolute Gasteiger partial charge is 0.356 e. The summed E-state index contributed by atoms with van der Waals surface area (Å²) in [6.07, 6.45) is 5.89. The van der Waals surface area contributed by atoms with Crippen LogP contribution < -0.4 is 4.90 Å². The van der Waals surface area contributed by atoms with Gasteiger partial charge >= 0.3 is 0 Å². The van der Waals surface area contributed by atoms with Crippen molar-refractivity contribution in [3.63, 3.8) is 0 Å². The molecule has 1 aliphatic heterocycles. The highest BCUT2D eigenvalue weighted by Gasteiger charge is 2.23. The van der Waals surface area contributed by atoms with Gasteiger partial charge in [-0.1, -0.05) is 32.3 Å². The minimum atomic E-state index is -0.485. The van der Waals surface area contributed by atoms with Gasteiger partial charge in [0.25, 0.3) is 5.69 Å². The summed E-state index contributed by atoms with van der Waals surface area (Å²) in [7, 11) is 0. The number of rotatable bonds is 8. The number of hydrogen-bond donors (Lipinski definition) is 0. The molecule has 0 amide bonds. The average molecular weight is 362 g/mol. The maximum Gasteiger partial charge on any atom is 0.271 e. The van der Waals surface area contributed by atoms with Crippen molar-refractivity contribution in [3.05, 3.63) is 45.4 Å². The molecule has 0 bridgehead atoms. The van der Waals surface area contributed by atoms with Gasteiger partial charge in [0.2, 0.25) is 0 Å². The van der Waals surface area contributed by atoms with Gasteiger partial charge in [0.1, 0.15) is 0 Å². The van der Waals surface area contributed by atoms with Crippen molar-refractivity contribution >= 4 is 34.7 Å². The second-order valence-corrected chi connectivity index (χ2v) is 7.08. The van der Waals surface area contributed by atoms with E-state index in [1.807, 2.05) is 0 Å². The Kier molecular flexibility index (Phi) is 7.18. The molecule has 1 aromatic rings. The Morgan fingerprint density at radius 3 is 2.72 bits per heavy atom. The molecule has 7 heteroatoms. The number of carbonyl (C=O) groups excluding carboxylic acids is 2. The third-order valence-corrected chi connectivity index (χ3v) is 5.06. The van der Waals surface area contributed by atoms with E-state index in [9.17, 15) is 19.7 Å². The number of nitrogens with zero attached hydrogens (tertiary/aromatic N) is 2. The lowest BCUT2D eigenvalue weighted by atomic mass is 10.2. The summed E-state index contributed by atoms with van der Waals surface area (Å²) in [4.78, 5) is 37.1. The van der Waals surface area contributed by atoms with Crippen LogP contribution in [0.5, 0.6) is 0 Å². The Morgan fingerprint density at radius 1 is 1.20 bits per heavy atom. The molecule has 0 fully saturated rings. The van der Waals surface area contributed by atoms with Crippen molar-refractivity contribution in [3.8, 4) is 0 Å². The molecule has 0 N–H and O–H groups in total. The number of carbonyl (C=O) groups is 2. The summed E-state index contributed by atoms with van der Waals surface area (Å²) in [6.45, 7) is 2.25. The molecular formula is C18H22N2O4S. The summed E-state index contributed by atoms with van der Waals surface area (Å²) in [5, 5.41) is 10.9. The molecule has 2 rings (SSSR count). The van der Waals surface area contributed by atoms with E-state index in [1.54, 1.807) is 17.0 Å². The van der Waals surface area contributed by atoms with Crippen LogP contribution in [0.1, 0.15) is 32.6 Å². The lowest BCUT2D eigenvalue weighted by Crippen LogP contribution is -2.31. The van der Waals surface area contributed by atoms with E-state index >= 15 is 0 Å². The predicted molar refractivity (Wildman–Crippen MR) is 100 cm³/mol. The second kappa shape index (κ2) is 9.36. The van der Waals surface area contributed by atoms with Crippen LogP contribution in [0.2, 0.25) is 0 Å². The Morgan fingerprint density at radius 2 is 2.00 bits per heavy atom. The standard InChI is InChI=1S/C18H22N2O4S/c1-2-3-4-5-9-25-18-11-16(21)12-19(13-17(18)22)14-7-6-8-15(10-14)20(23)24/h6-8,10-11H,2-5,9,12-13H2,1H3. The number of anilines is 1. The van der Waals surface area contributed by atoms with Gasteiger partial charge in [-0.05, 0) is 18.2 Å². The van der Waals surface area contributed by atoms with Crippen molar-refractivity contribution in [2.45, 2.75) is 32.6 Å². The highest BCUT2D eigenvalue weighted by molar-refractivity contribution is 8.04. The number of benzene rings is 1. The SMILES string of the molecule is CCCCCCSC1=CC(=O)CN(c2cccc([N+](=O)[O-])c2)CC1=O. The zero-order valence-electron chi connectivity index (χ0n) is 14.3. The molecule has 1 aromatic carbocycles. The first-order chi connectivity index (χ1) is 12.0. The van der Waals surface area contributed by atoms with Crippen LogP contribution in [0, 0.1) is 10.1 Å². The van der Waals surface area contributed by atoms with Gasteiger partial charge in [0.05, 0.1) is 22.9 Å². The number of nitro groups is 1. The van der Waals surface area contributed by atoms with E-state index in [4.69, 9.17) is 0 Å². The van der Waals surface area contributed by atoms with Crippen molar-refractivity contribution in [2.24, 2.45) is 0 Å². The third-order valence-electron chi connectivity index (χ3n) is 3.91. The van der Waals surface area contributed by atoms with E-state index < -0.39 is 4.92 Å². The minimum absolute atomic E-state index is 0.0484. The second-order valence-electron chi connectivity index (χ2n) is 5.94. The van der Waals surface area contributed by atoms with Crippen molar-refractivity contribution in [1.29, 1.82) is 0 Å². The number of nitro benzene ring substituents is 1. The maximum atomic E-state index is 12.5. The van der Waals surface area contributed by atoms with Crippen LogP contribution in [-0.4, -0.2) is 35.3 Å². The summed E-state index contributed by atoms with van der Waals surface area (Å²) in [5.74, 6) is 0.549. The molecule has 0 saturated carbocycles. The number of ketones is 2. The summed E-state index contributed by atoms with van der Waals surface area (Å²) < 4.78 is 0. The molecule has 0 unspecified atom stereocenters. The van der Waals surface area contributed by atoms with E-state index in [2.05, 4.69) is 6.92 Å². The lowest BCUT2D eigenvalue weighted by Gasteiger charge is -2.21. The molecule has 1 aliphatic rings. The van der Waals surface area contributed by atoms with Gasteiger partial charge in [0, 0.05) is 23.9 Å². The van der Waals surface area contributed by atoms with Crippen LogP contribution in [0.4, 0.5) is 11.4 Å². The molecule has 0 spiro atoms. The van der Waals surface area contributed by atoms with Gasteiger partial charge in [-0.2, -0.15) is 0 Å². The molecule has 0 atom stereocenters. The van der Waals surface area contributed by atoms with Crippen LogP contribution in [-0.2, 0) is 9.59 Å². The lowest BCUT2D eigenvalue weighted by molar-refractivity contribution is -0.384. The zero-order valence-corrected chi connectivity index (χ0v) is 15.1. The smallest absolute Gasteiger partial charge is 0.271 e. The molecule has 0 radical (unpaired) electrons. The normalized spacial score (nSPS) is 15.1. The molecule has 1 heterocycles. The van der Waals surface area contributed by atoms with E-state index in [0.29, 0.717) is 10.6 Å². The fourth-order valence-electron chi connectivity index (χ4n) is 2.59. The maximum absolute atomic E-state index is 12.5. The van der Waals surface area contributed by atoms with Gasteiger partial charge < -0.3 is 4.90 Å². The van der Waals surface area contributed by atoms with Gasteiger partial charge in [0.15, 0.2) is 11.6 Å². The highest BCUT2D eigenvalue weighted by atomic mass is 32.2. The molecule has 6 nitrogen and oxygen atoms in total. The van der Waals surface area contributed by atoms with Gasteiger partial charge in [-0.3, -0.25) is 19.7 Å². The van der Waals surface area contributed by atoms with Crippen molar-refractivity contribution < 1.29 is 14.5 Å². The van der Waals surface area contributed by atoms with Gasteiger partial charge in [-0.15, -0.1) is 11.8 Å². The fraction of sp³-hybridized carbons (Fsp3) is 0.444. The first-order valence-corrected chi connectivity index (χ1v) is 9.39. The number of unbranched alkanes of at least 4 members (excludes halogenated alkanes) is 3. The fourth-order valence-corrected chi connectivity index (χ4v) is 3.60. The topological polar surface area (TPSA) is 80.5 Å². The molecule has 0 saturated heterocycles. The van der Waals surface area contributed by atoms with Crippen LogP contribution in [0.15, 0.2) is 35.2 Å². The Labute approximate surface area is 151 Å². The van der Waals surface area contributed by atoms with Crippen molar-refractivity contribution in [2.75, 3.05) is 23.7 Å². The number of thioether (sulfide) groups is 1. The molecule has 134 valence electrons. The van der Waals surface area contributed by atoms with E-state index in [-0.39, 0.29) is 30.3 Å². The Bertz CT molecular complexity index is 687. The van der Waals surface area contributed by atoms with Crippen LogP contribution in [0.25, 0.3) is 0 Å². The van der Waals surface area contributed by atoms with Gasteiger partial charge in [-0.25, -0.2) is 0 Å². The summed E-state index contributed by atoms with van der Waals surface area (Å²) >= 11 is 1.43. The summed E-state index contributed by atoms with van der Waals surface area (Å²) in [6, 6.07) is 6.02. The molecule has 0 aliphatic carbocycles. The molecule has 0 aromatic heterocycles. The van der Waals surface area contributed by atoms with Crippen LogP contribution in [0.3, 0.4) is 0 Å². The molecule has 25 heavy (non-hydrogen) atoms. The predicted octanol–water partition coefficient (Wildman–Crippen LogP) is 3.75. The quantitative estimate of drug-likeness (QED) is 0.398. The third kappa shape index (κ3) is 5.70. The monoisotopic (exact) mass is 362 g/mol. The zero-order chi connectivity index (χ0) is 18.2. The minimum Gasteiger partial charge on any atom is -0.356 e. The summed E-state index contributed by atoms with van der Waals surface area (Å²) in [5.41, 5.74) is 0.457. The number of Topliss-reactive ketones (excluding diaryl/α,β-unsaturated/α-hetero) is 1.